The van der Waals surface area contributed by atoms with Crippen LogP contribution in [0.1, 0.15) is 16.7 Å². The maximum absolute atomic E-state index is 13.9. The highest BCUT2D eigenvalue weighted by molar-refractivity contribution is 9.11. The molecule has 0 radical (unpaired) electrons. The smallest absolute Gasteiger partial charge is 0.293 e. The normalized spacial score (nSPS) is 14.9. The molecule has 1 heterocycles. The highest BCUT2D eigenvalue weighted by Crippen LogP contribution is 2.38. The van der Waals surface area contributed by atoms with Crippen molar-refractivity contribution in [3.8, 4) is 5.75 Å². The maximum atomic E-state index is 13.9. The molecule has 1 aliphatic heterocycles. The van der Waals surface area contributed by atoms with Crippen molar-refractivity contribution in [2.24, 2.45) is 0 Å². The van der Waals surface area contributed by atoms with Crippen LogP contribution in [0, 0.1) is 11.6 Å². The molecular formula is C24H15Br2F2NO3S. The first-order valence-corrected chi connectivity index (χ1v) is 12.1. The molecule has 0 aliphatic carbocycles. The minimum atomic E-state index is -0.486. The zero-order valence-electron chi connectivity index (χ0n) is 16.9. The number of amides is 2. The molecule has 0 N–H and O–H groups in total. The minimum Gasteiger partial charge on any atom is -0.486 e. The second-order valence-corrected chi connectivity index (χ2v) is 9.75. The average Bonchev–Trinajstić information content (AvgIpc) is 3.03. The van der Waals surface area contributed by atoms with E-state index in [1.807, 2.05) is 0 Å². The van der Waals surface area contributed by atoms with Crippen LogP contribution in [0.4, 0.5) is 13.6 Å². The number of thioether (sulfide) groups is 1. The molecule has 4 nitrogen and oxygen atoms in total. The van der Waals surface area contributed by atoms with Gasteiger partial charge in [0.05, 0.1) is 20.4 Å². The van der Waals surface area contributed by atoms with Gasteiger partial charge in [-0.05, 0) is 79.5 Å². The quantitative estimate of drug-likeness (QED) is 0.281. The molecule has 1 saturated heterocycles. The van der Waals surface area contributed by atoms with Crippen molar-refractivity contribution in [1.29, 1.82) is 0 Å². The third kappa shape index (κ3) is 5.37. The summed E-state index contributed by atoms with van der Waals surface area (Å²) in [6.07, 6.45) is 1.59. The second kappa shape index (κ2) is 10.2. The van der Waals surface area contributed by atoms with Gasteiger partial charge in [-0.25, -0.2) is 8.78 Å². The molecule has 33 heavy (non-hydrogen) atoms. The summed E-state index contributed by atoms with van der Waals surface area (Å²) in [7, 11) is 0. The molecule has 0 aromatic heterocycles. The number of hydrogen-bond donors (Lipinski definition) is 0. The van der Waals surface area contributed by atoms with Crippen LogP contribution in [0.5, 0.6) is 5.75 Å². The topological polar surface area (TPSA) is 46.6 Å². The number of rotatable bonds is 6. The number of ether oxygens (including phenoxy) is 1. The molecule has 0 saturated carbocycles. The van der Waals surface area contributed by atoms with Crippen LogP contribution in [0.3, 0.4) is 0 Å². The third-order valence-electron chi connectivity index (χ3n) is 4.81. The molecular weight excluding hydrogens is 580 g/mol. The van der Waals surface area contributed by atoms with E-state index < -0.39 is 17.0 Å². The zero-order chi connectivity index (χ0) is 23.5. The standard InChI is InChI=1S/C24H15Br2F2NO3S/c25-17-9-14(10-18(26)22(17)32-13-16-6-2-4-8-20(16)28)11-21-23(30)29(24(31)33-21)12-15-5-1-3-7-19(15)27/h1-11H,12-13H2/b21-11-. The molecule has 3 aromatic rings. The Labute approximate surface area is 209 Å². The predicted octanol–water partition coefficient (Wildman–Crippen LogP) is 7.31. The van der Waals surface area contributed by atoms with Crippen molar-refractivity contribution in [2.75, 3.05) is 0 Å². The number of carbonyl (C=O) groups excluding carboxylic acids is 2. The highest BCUT2D eigenvalue weighted by Gasteiger charge is 2.35. The lowest BCUT2D eigenvalue weighted by molar-refractivity contribution is -0.123. The summed E-state index contributed by atoms with van der Waals surface area (Å²) in [6, 6.07) is 15.8. The van der Waals surface area contributed by atoms with Gasteiger partial charge in [0.1, 0.15) is 24.0 Å². The van der Waals surface area contributed by atoms with E-state index in [0.29, 0.717) is 25.8 Å². The Hall–Kier alpha value is -2.49. The molecule has 9 heteroatoms. The van der Waals surface area contributed by atoms with Crippen molar-refractivity contribution in [1.82, 2.24) is 4.90 Å². The van der Waals surface area contributed by atoms with E-state index in [-0.39, 0.29) is 29.4 Å². The summed E-state index contributed by atoms with van der Waals surface area (Å²) in [5, 5.41) is -0.461. The number of nitrogens with zero attached hydrogens (tertiary/aromatic N) is 1. The van der Waals surface area contributed by atoms with Crippen molar-refractivity contribution < 1.29 is 23.1 Å². The first kappa shape index (κ1) is 23.7. The summed E-state index contributed by atoms with van der Waals surface area (Å²) in [5.41, 5.74) is 1.33. The van der Waals surface area contributed by atoms with Crippen LogP contribution in [0.2, 0.25) is 0 Å². The van der Waals surface area contributed by atoms with Gasteiger partial charge in [-0.15, -0.1) is 0 Å². The first-order chi connectivity index (χ1) is 15.8. The van der Waals surface area contributed by atoms with E-state index in [0.717, 1.165) is 16.7 Å². The lowest BCUT2D eigenvalue weighted by atomic mass is 10.2. The molecule has 168 valence electrons. The lowest BCUT2D eigenvalue weighted by Crippen LogP contribution is -2.27. The van der Waals surface area contributed by atoms with Gasteiger partial charge in [0.15, 0.2) is 0 Å². The number of benzene rings is 3. The summed E-state index contributed by atoms with van der Waals surface area (Å²) >= 11 is 7.68. The fourth-order valence-electron chi connectivity index (χ4n) is 3.15. The van der Waals surface area contributed by atoms with Crippen LogP contribution in [-0.2, 0) is 17.9 Å². The minimum absolute atomic E-state index is 0.0398. The fraction of sp³-hybridized carbons (Fsp3) is 0.0833. The molecule has 0 spiro atoms. The van der Waals surface area contributed by atoms with Crippen molar-refractivity contribution in [2.45, 2.75) is 13.2 Å². The highest BCUT2D eigenvalue weighted by atomic mass is 79.9. The molecule has 2 amide bonds. The van der Waals surface area contributed by atoms with Crippen LogP contribution in [0.15, 0.2) is 74.5 Å². The molecule has 0 unspecified atom stereocenters. The summed E-state index contributed by atoms with van der Waals surface area (Å²) in [5.74, 6) is -0.838. The van der Waals surface area contributed by atoms with Gasteiger partial charge in [-0.1, -0.05) is 36.4 Å². The van der Waals surface area contributed by atoms with E-state index in [9.17, 15) is 18.4 Å². The fourth-order valence-corrected chi connectivity index (χ4v) is 5.44. The van der Waals surface area contributed by atoms with Crippen LogP contribution in [0.25, 0.3) is 6.08 Å². The third-order valence-corrected chi connectivity index (χ3v) is 6.89. The largest absolute Gasteiger partial charge is 0.486 e. The predicted molar refractivity (Wildman–Crippen MR) is 130 cm³/mol. The van der Waals surface area contributed by atoms with Gasteiger partial charge in [-0.3, -0.25) is 14.5 Å². The van der Waals surface area contributed by atoms with Crippen LogP contribution < -0.4 is 4.74 Å². The van der Waals surface area contributed by atoms with E-state index in [4.69, 9.17) is 4.74 Å². The van der Waals surface area contributed by atoms with Gasteiger partial charge in [0.2, 0.25) is 0 Å². The Bertz CT molecular complexity index is 1260. The molecule has 0 atom stereocenters. The molecule has 4 rings (SSSR count). The van der Waals surface area contributed by atoms with E-state index in [1.54, 1.807) is 48.5 Å². The number of carbonyl (C=O) groups is 2. The number of halogens is 4. The molecule has 1 aliphatic rings. The SMILES string of the molecule is O=C1S/C(=C\c2cc(Br)c(OCc3ccccc3F)c(Br)c2)C(=O)N1Cc1ccccc1F. The van der Waals surface area contributed by atoms with E-state index in [1.165, 1.54) is 18.2 Å². The summed E-state index contributed by atoms with van der Waals surface area (Å²) < 4.78 is 34.7. The van der Waals surface area contributed by atoms with Crippen molar-refractivity contribution in [3.05, 3.63) is 103 Å². The average molecular weight is 595 g/mol. The van der Waals surface area contributed by atoms with Crippen LogP contribution in [-0.4, -0.2) is 16.0 Å². The van der Waals surface area contributed by atoms with Crippen molar-refractivity contribution in [3.63, 3.8) is 0 Å². The second-order valence-electron chi connectivity index (χ2n) is 7.05. The van der Waals surface area contributed by atoms with E-state index in [2.05, 4.69) is 31.9 Å². The first-order valence-electron chi connectivity index (χ1n) is 9.67. The Morgan fingerprint density at radius 3 is 2.09 bits per heavy atom. The Kier molecular flexibility index (Phi) is 7.31. The van der Waals surface area contributed by atoms with Gasteiger partial charge >= 0.3 is 0 Å². The zero-order valence-corrected chi connectivity index (χ0v) is 20.8. The number of hydrogen-bond acceptors (Lipinski definition) is 4. The van der Waals surface area contributed by atoms with Gasteiger partial charge in [0.25, 0.3) is 11.1 Å². The monoisotopic (exact) mass is 593 g/mol. The maximum Gasteiger partial charge on any atom is 0.293 e. The Morgan fingerprint density at radius 2 is 1.48 bits per heavy atom. The number of imide groups is 1. The van der Waals surface area contributed by atoms with Gasteiger partial charge < -0.3 is 4.74 Å². The summed E-state index contributed by atoms with van der Waals surface area (Å²) in [4.78, 5) is 26.4. The lowest BCUT2D eigenvalue weighted by Gasteiger charge is -2.13. The van der Waals surface area contributed by atoms with Gasteiger partial charge in [0, 0.05) is 11.1 Å². The molecule has 0 bridgehead atoms. The van der Waals surface area contributed by atoms with Crippen molar-refractivity contribution >= 4 is 60.8 Å². The Morgan fingerprint density at radius 1 is 0.909 bits per heavy atom. The Balaban J connectivity index is 1.52. The molecule has 3 aromatic carbocycles. The van der Waals surface area contributed by atoms with E-state index >= 15 is 0 Å². The summed E-state index contributed by atoms with van der Waals surface area (Å²) in [6.45, 7) is -0.0942. The molecule has 1 fully saturated rings. The van der Waals surface area contributed by atoms with Crippen LogP contribution >= 0.6 is 43.6 Å². The van der Waals surface area contributed by atoms with Gasteiger partial charge in [-0.2, -0.15) is 0 Å².